The highest BCUT2D eigenvalue weighted by atomic mass is 16.4. The fourth-order valence-electron chi connectivity index (χ4n) is 6.11. The molecule has 2 aliphatic heterocycles. The molecular weight excluding hydrogens is 490 g/mol. The van der Waals surface area contributed by atoms with Gasteiger partial charge in [-0.2, -0.15) is 0 Å². The van der Waals surface area contributed by atoms with Crippen molar-refractivity contribution in [3.8, 4) is 0 Å². The highest BCUT2D eigenvalue weighted by Crippen LogP contribution is 2.35. The Balaban J connectivity index is 1.17. The molecule has 8 heteroatoms. The van der Waals surface area contributed by atoms with E-state index in [0.29, 0.717) is 13.1 Å². The van der Waals surface area contributed by atoms with Crippen LogP contribution >= 0.6 is 0 Å². The van der Waals surface area contributed by atoms with Gasteiger partial charge in [0.25, 0.3) is 0 Å². The number of imidazole rings is 1. The number of piperidine rings is 1. The van der Waals surface area contributed by atoms with Gasteiger partial charge in [0.2, 0.25) is 0 Å². The first-order chi connectivity index (χ1) is 19.0. The number of aryl methyl sites for hydroxylation is 1. The maximum absolute atomic E-state index is 13.8. The first kappa shape index (κ1) is 25.1. The summed E-state index contributed by atoms with van der Waals surface area (Å²) in [6.45, 7) is 5.87. The molecule has 2 amide bonds. The van der Waals surface area contributed by atoms with Gasteiger partial charge in [-0.05, 0) is 54.7 Å². The van der Waals surface area contributed by atoms with Gasteiger partial charge in [-0.3, -0.25) is 4.90 Å². The number of carbonyl (C=O) groups excluding carboxylic acids is 1. The van der Waals surface area contributed by atoms with Gasteiger partial charge in [-0.25, -0.2) is 14.6 Å². The molecule has 2 aliphatic rings. The van der Waals surface area contributed by atoms with Crippen LogP contribution < -0.4 is 0 Å². The van der Waals surface area contributed by atoms with Gasteiger partial charge in [0.1, 0.15) is 5.65 Å². The van der Waals surface area contributed by atoms with Crippen LogP contribution in [-0.2, 0) is 13.1 Å². The summed E-state index contributed by atoms with van der Waals surface area (Å²) < 4.78 is 2.14. The Kier molecular flexibility index (Phi) is 6.79. The summed E-state index contributed by atoms with van der Waals surface area (Å²) in [7, 11) is 0. The number of pyridine rings is 1. The first-order valence-corrected chi connectivity index (χ1v) is 13.6. The number of amides is 2. The van der Waals surface area contributed by atoms with Crippen molar-refractivity contribution in [3.63, 3.8) is 0 Å². The monoisotopic (exact) mass is 523 g/mol. The molecule has 0 bridgehead atoms. The van der Waals surface area contributed by atoms with E-state index in [4.69, 9.17) is 0 Å². The second-order valence-corrected chi connectivity index (χ2v) is 10.6. The molecule has 1 N–H and O–H groups in total. The summed E-state index contributed by atoms with van der Waals surface area (Å²) in [4.78, 5) is 36.1. The van der Waals surface area contributed by atoms with Gasteiger partial charge < -0.3 is 19.3 Å². The van der Waals surface area contributed by atoms with Crippen LogP contribution in [0.4, 0.5) is 4.79 Å². The van der Waals surface area contributed by atoms with Crippen LogP contribution in [0, 0.1) is 6.92 Å². The van der Waals surface area contributed by atoms with Crippen molar-refractivity contribution in [2.75, 3.05) is 19.6 Å². The molecule has 4 heterocycles. The summed E-state index contributed by atoms with van der Waals surface area (Å²) in [6.07, 6.45) is 5.68. The van der Waals surface area contributed by atoms with Crippen molar-refractivity contribution >= 4 is 17.6 Å². The lowest BCUT2D eigenvalue weighted by atomic mass is 9.98. The maximum atomic E-state index is 13.8. The lowest BCUT2D eigenvalue weighted by molar-refractivity contribution is 0.0696. The van der Waals surface area contributed by atoms with Crippen molar-refractivity contribution in [2.45, 2.75) is 44.9 Å². The van der Waals surface area contributed by atoms with Gasteiger partial charge in [0.15, 0.2) is 0 Å². The minimum absolute atomic E-state index is 0.0243. The van der Waals surface area contributed by atoms with E-state index in [-0.39, 0.29) is 23.7 Å². The number of carbonyl (C=O) groups is 2. The molecule has 0 aliphatic carbocycles. The molecule has 8 nitrogen and oxygen atoms in total. The number of fused-ring (bicyclic) bond motifs is 1. The number of carboxylic acid groups (broad SMARTS) is 1. The third kappa shape index (κ3) is 5.00. The predicted molar refractivity (Wildman–Crippen MR) is 148 cm³/mol. The summed E-state index contributed by atoms with van der Waals surface area (Å²) in [5, 5.41) is 9.39. The Bertz CT molecular complexity index is 1490. The van der Waals surface area contributed by atoms with E-state index in [1.807, 2.05) is 41.6 Å². The van der Waals surface area contributed by atoms with Crippen LogP contribution in [0.25, 0.3) is 5.65 Å². The molecule has 6 rings (SSSR count). The van der Waals surface area contributed by atoms with Gasteiger partial charge in [-0.15, -0.1) is 0 Å². The Morgan fingerprint density at radius 1 is 1.00 bits per heavy atom. The van der Waals surface area contributed by atoms with Crippen LogP contribution in [0.2, 0.25) is 0 Å². The molecule has 200 valence electrons. The van der Waals surface area contributed by atoms with Crippen LogP contribution in [0.5, 0.6) is 0 Å². The number of carboxylic acids is 1. The number of urea groups is 1. The fourth-order valence-corrected chi connectivity index (χ4v) is 6.11. The van der Waals surface area contributed by atoms with Gasteiger partial charge in [0.05, 0.1) is 11.6 Å². The van der Waals surface area contributed by atoms with Crippen molar-refractivity contribution in [1.82, 2.24) is 24.1 Å². The number of likely N-dealkylation sites (tertiary alicyclic amines) is 1. The van der Waals surface area contributed by atoms with Crippen LogP contribution in [-0.4, -0.2) is 66.9 Å². The summed E-state index contributed by atoms with van der Waals surface area (Å²) >= 11 is 0. The van der Waals surface area contributed by atoms with E-state index in [2.05, 4.69) is 50.4 Å². The number of nitrogens with zero attached hydrogens (tertiary/aromatic N) is 5. The Hall–Kier alpha value is -4.17. The highest BCUT2D eigenvalue weighted by Gasteiger charge is 2.42. The average Bonchev–Trinajstić information content (AvgIpc) is 3.57. The molecule has 0 spiro atoms. The number of hydrogen-bond acceptors (Lipinski definition) is 4. The summed E-state index contributed by atoms with van der Waals surface area (Å²) in [5.41, 5.74) is 5.69. The largest absolute Gasteiger partial charge is 0.478 e. The lowest BCUT2D eigenvalue weighted by Crippen LogP contribution is -2.47. The molecule has 0 saturated carbocycles. The Morgan fingerprint density at radius 2 is 1.79 bits per heavy atom. The number of benzene rings is 2. The van der Waals surface area contributed by atoms with Crippen molar-refractivity contribution < 1.29 is 14.7 Å². The molecular formula is C31H33N5O3. The average molecular weight is 524 g/mol. The second-order valence-electron chi connectivity index (χ2n) is 10.6. The van der Waals surface area contributed by atoms with E-state index in [1.54, 1.807) is 18.2 Å². The SMILES string of the molecule is Cc1c(CN2CCC(N3C(=O)N(Cc4cccc(C(=O)O)c4)CC3c3ccccc3)CC2)ccc2nccn12. The van der Waals surface area contributed by atoms with Crippen LogP contribution in [0.15, 0.2) is 79.1 Å². The third-order valence-corrected chi connectivity index (χ3v) is 8.23. The second kappa shape index (κ2) is 10.5. The van der Waals surface area contributed by atoms with E-state index in [1.165, 1.54) is 11.3 Å². The number of aromatic carboxylic acids is 1. The molecule has 4 aromatic rings. The number of hydrogen-bond donors (Lipinski definition) is 1. The maximum Gasteiger partial charge on any atom is 0.335 e. The van der Waals surface area contributed by atoms with Gasteiger partial charge in [0, 0.05) is 56.9 Å². The van der Waals surface area contributed by atoms with E-state index >= 15 is 0 Å². The van der Waals surface area contributed by atoms with Crippen molar-refractivity contribution in [2.24, 2.45) is 0 Å². The van der Waals surface area contributed by atoms with Crippen LogP contribution in [0.3, 0.4) is 0 Å². The van der Waals surface area contributed by atoms with Gasteiger partial charge >= 0.3 is 12.0 Å². The Labute approximate surface area is 228 Å². The standard InChI is InChI=1S/C31H33N5O3/c1-22-26(10-11-29-32-14-17-35(22)29)20-33-15-12-27(13-16-33)36-28(24-7-3-2-4-8-24)21-34(31(36)39)19-23-6-5-9-25(18-23)30(37)38/h2-11,14,17-18,27-28H,12-13,15-16,19-21H2,1H3,(H,37,38). The summed E-state index contributed by atoms with van der Waals surface area (Å²) in [5.74, 6) is -0.958. The van der Waals surface area contributed by atoms with Gasteiger partial charge in [-0.1, -0.05) is 48.5 Å². The van der Waals surface area contributed by atoms with E-state index < -0.39 is 5.97 Å². The zero-order valence-electron chi connectivity index (χ0n) is 22.1. The lowest BCUT2D eigenvalue weighted by Gasteiger charge is -2.39. The predicted octanol–water partition coefficient (Wildman–Crippen LogP) is 4.98. The molecule has 0 radical (unpaired) electrons. The number of aromatic nitrogens is 2. The van der Waals surface area contributed by atoms with Crippen LogP contribution in [0.1, 0.15) is 51.6 Å². The number of rotatable bonds is 7. The summed E-state index contributed by atoms with van der Waals surface area (Å²) in [6, 6.07) is 21.6. The molecule has 2 fully saturated rings. The molecule has 2 saturated heterocycles. The molecule has 2 aromatic heterocycles. The van der Waals surface area contributed by atoms with E-state index in [0.717, 1.165) is 49.2 Å². The Morgan fingerprint density at radius 3 is 2.56 bits per heavy atom. The molecule has 1 atom stereocenters. The van der Waals surface area contributed by atoms with E-state index in [9.17, 15) is 14.7 Å². The minimum atomic E-state index is -0.958. The normalized spacial score (nSPS) is 18.8. The van der Waals surface area contributed by atoms with Crippen molar-refractivity contribution in [3.05, 3.63) is 107 Å². The molecule has 39 heavy (non-hydrogen) atoms. The third-order valence-electron chi connectivity index (χ3n) is 8.23. The topological polar surface area (TPSA) is 81.4 Å². The molecule has 1 unspecified atom stereocenters. The smallest absolute Gasteiger partial charge is 0.335 e. The minimum Gasteiger partial charge on any atom is -0.478 e. The first-order valence-electron chi connectivity index (χ1n) is 13.6. The zero-order valence-corrected chi connectivity index (χ0v) is 22.1. The molecule has 2 aromatic carbocycles. The quantitative estimate of drug-likeness (QED) is 0.369. The van der Waals surface area contributed by atoms with Crippen molar-refractivity contribution in [1.29, 1.82) is 0 Å². The fraction of sp³-hybridized carbons (Fsp3) is 0.323. The zero-order chi connectivity index (χ0) is 26.9. The highest BCUT2D eigenvalue weighted by molar-refractivity contribution is 5.87.